The number of hydrogen-bond donors (Lipinski definition) is 1. The van der Waals surface area contributed by atoms with Gasteiger partial charge in [0.15, 0.2) is 23.0 Å². The summed E-state index contributed by atoms with van der Waals surface area (Å²) in [6, 6.07) is 8.41. The second-order valence-corrected chi connectivity index (χ2v) is 7.52. The topological polar surface area (TPSA) is 95.6 Å². The number of nitrogens with one attached hydrogen (secondary N) is 1. The number of rotatable bonds is 6. The van der Waals surface area contributed by atoms with Crippen LogP contribution in [0.4, 0.5) is 0 Å². The summed E-state index contributed by atoms with van der Waals surface area (Å²) in [4.78, 5) is 27.4. The van der Waals surface area contributed by atoms with Gasteiger partial charge in [-0.1, -0.05) is 0 Å². The fraction of sp³-hybridized carbons (Fsp3) is 0.391. The predicted octanol–water partition coefficient (Wildman–Crippen LogP) is 2.48. The average Bonchev–Trinajstić information content (AvgIpc) is 3.31. The van der Waals surface area contributed by atoms with Crippen LogP contribution < -0.4 is 29.0 Å². The minimum atomic E-state index is -0.169. The standard InChI is InChI=1S/C23H26N2O7/c1-28-19-11-15(12-20(29-2)21(19)30-3)23(27)25-8-6-16(7-9-25)24-22(26)14-4-5-17-18(10-14)32-13-31-17/h4-5,10-12,16H,6-9,13H2,1-3H3,(H,24,26). The van der Waals surface area contributed by atoms with E-state index < -0.39 is 0 Å². The summed E-state index contributed by atoms with van der Waals surface area (Å²) in [5.41, 5.74) is 0.979. The number of ether oxygens (including phenoxy) is 5. The van der Waals surface area contributed by atoms with Gasteiger partial charge in [0.05, 0.1) is 21.3 Å². The van der Waals surface area contributed by atoms with Gasteiger partial charge < -0.3 is 33.9 Å². The Kier molecular flexibility index (Phi) is 6.25. The molecule has 1 N–H and O–H groups in total. The fourth-order valence-electron chi connectivity index (χ4n) is 3.92. The van der Waals surface area contributed by atoms with E-state index in [2.05, 4.69) is 5.32 Å². The minimum absolute atomic E-state index is 0.0167. The highest BCUT2D eigenvalue weighted by Crippen LogP contribution is 2.38. The fourth-order valence-corrected chi connectivity index (χ4v) is 3.92. The molecule has 0 saturated carbocycles. The maximum atomic E-state index is 13.1. The van der Waals surface area contributed by atoms with Crippen molar-refractivity contribution in [2.24, 2.45) is 0 Å². The van der Waals surface area contributed by atoms with Crippen LogP contribution in [0.1, 0.15) is 33.6 Å². The quantitative estimate of drug-likeness (QED) is 0.734. The molecule has 1 fully saturated rings. The van der Waals surface area contributed by atoms with Crippen molar-refractivity contribution >= 4 is 11.8 Å². The summed E-state index contributed by atoms with van der Waals surface area (Å²) in [5.74, 6) is 2.23. The van der Waals surface area contributed by atoms with Crippen LogP contribution >= 0.6 is 0 Å². The Morgan fingerprint density at radius 1 is 0.906 bits per heavy atom. The first-order valence-electron chi connectivity index (χ1n) is 10.3. The Bertz CT molecular complexity index is 990. The van der Waals surface area contributed by atoms with Gasteiger partial charge in [-0.15, -0.1) is 0 Å². The largest absolute Gasteiger partial charge is 0.493 e. The number of benzene rings is 2. The third-order valence-corrected chi connectivity index (χ3v) is 5.66. The van der Waals surface area contributed by atoms with Crippen LogP contribution in [-0.2, 0) is 0 Å². The summed E-state index contributed by atoms with van der Waals surface area (Å²) in [7, 11) is 4.55. The van der Waals surface area contributed by atoms with E-state index in [-0.39, 0.29) is 24.6 Å². The summed E-state index contributed by atoms with van der Waals surface area (Å²) in [6.45, 7) is 1.22. The molecule has 2 amide bonds. The molecule has 0 atom stereocenters. The van der Waals surface area contributed by atoms with E-state index in [9.17, 15) is 9.59 Å². The van der Waals surface area contributed by atoms with E-state index in [1.807, 2.05) is 0 Å². The van der Waals surface area contributed by atoms with Gasteiger partial charge in [-0.2, -0.15) is 0 Å². The molecule has 1 saturated heterocycles. The smallest absolute Gasteiger partial charge is 0.254 e. The van der Waals surface area contributed by atoms with Gasteiger partial charge in [0.25, 0.3) is 11.8 Å². The average molecular weight is 442 g/mol. The van der Waals surface area contributed by atoms with Crippen LogP contribution in [0.5, 0.6) is 28.7 Å². The van der Waals surface area contributed by atoms with Crippen LogP contribution in [0, 0.1) is 0 Å². The second kappa shape index (κ2) is 9.25. The maximum absolute atomic E-state index is 13.1. The summed E-state index contributed by atoms with van der Waals surface area (Å²) in [6.07, 6.45) is 1.32. The van der Waals surface area contributed by atoms with Crippen molar-refractivity contribution < 1.29 is 33.3 Å². The van der Waals surface area contributed by atoms with Crippen molar-refractivity contribution in [1.29, 1.82) is 0 Å². The molecule has 4 rings (SSSR count). The number of carbonyl (C=O) groups is 2. The van der Waals surface area contributed by atoms with Crippen molar-refractivity contribution in [2.75, 3.05) is 41.2 Å². The molecule has 170 valence electrons. The number of fused-ring (bicyclic) bond motifs is 1. The third kappa shape index (κ3) is 4.23. The molecule has 0 aliphatic carbocycles. The van der Waals surface area contributed by atoms with Gasteiger partial charge in [0, 0.05) is 30.3 Å². The van der Waals surface area contributed by atoms with Crippen LogP contribution in [0.25, 0.3) is 0 Å². The lowest BCUT2D eigenvalue weighted by Crippen LogP contribution is -2.46. The Labute approximate surface area is 186 Å². The summed E-state index contributed by atoms with van der Waals surface area (Å²) < 4.78 is 26.6. The SMILES string of the molecule is COc1cc(C(=O)N2CCC(NC(=O)c3ccc4c(c3)OCO4)CC2)cc(OC)c1OC. The first-order chi connectivity index (χ1) is 15.5. The van der Waals surface area contributed by atoms with Gasteiger partial charge in [0.1, 0.15) is 0 Å². The Balaban J connectivity index is 1.37. The van der Waals surface area contributed by atoms with Crippen LogP contribution in [0.3, 0.4) is 0 Å². The molecule has 2 heterocycles. The van der Waals surface area contributed by atoms with Gasteiger partial charge in [-0.3, -0.25) is 9.59 Å². The molecule has 0 unspecified atom stereocenters. The lowest BCUT2D eigenvalue weighted by molar-refractivity contribution is 0.0697. The zero-order valence-electron chi connectivity index (χ0n) is 18.3. The van der Waals surface area contributed by atoms with Gasteiger partial charge in [-0.25, -0.2) is 0 Å². The zero-order chi connectivity index (χ0) is 22.7. The van der Waals surface area contributed by atoms with E-state index in [4.69, 9.17) is 23.7 Å². The zero-order valence-corrected chi connectivity index (χ0v) is 18.3. The van der Waals surface area contributed by atoms with Crippen LogP contribution in [0.15, 0.2) is 30.3 Å². The molecule has 2 aromatic carbocycles. The van der Waals surface area contributed by atoms with Crippen molar-refractivity contribution in [1.82, 2.24) is 10.2 Å². The highest BCUT2D eigenvalue weighted by Gasteiger charge is 2.27. The van der Waals surface area contributed by atoms with Crippen molar-refractivity contribution in [3.8, 4) is 28.7 Å². The first-order valence-corrected chi connectivity index (χ1v) is 10.3. The van der Waals surface area contributed by atoms with E-state index in [1.165, 1.54) is 21.3 Å². The lowest BCUT2D eigenvalue weighted by Gasteiger charge is -2.32. The highest BCUT2D eigenvalue weighted by molar-refractivity contribution is 5.96. The van der Waals surface area contributed by atoms with Crippen LogP contribution in [0.2, 0.25) is 0 Å². The monoisotopic (exact) mass is 442 g/mol. The number of methoxy groups -OCH3 is 3. The minimum Gasteiger partial charge on any atom is -0.493 e. The number of piperidine rings is 1. The normalized spacial score (nSPS) is 15.3. The molecule has 9 nitrogen and oxygen atoms in total. The lowest BCUT2D eigenvalue weighted by atomic mass is 10.0. The van der Waals surface area contributed by atoms with E-state index in [0.29, 0.717) is 65.8 Å². The number of carbonyl (C=O) groups excluding carboxylic acids is 2. The molecule has 2 aliphatic rings. The molecule has 0 aromatic heterocycles. The molecule has 0 spiro atoms. The van der Waals surface area contributed by atoms with E-state index in [0.717, 1.165) is 0 Å². The summed E-state index contributed by atoms with van der Waals surface area (Å²) in [5, 5.41) is 3.05. The van der Waals surface area contributed by atoms with E-state index in [1.54, 1.807) is 35.2 Å². The number of likely N-dealkylation sites (tertiary alicyclic amines) is 1. The van der Waals surface area contributed by atoms with Crippen molar-refractivity contribution in [2.45, 2.75) is 18.9 Å². The molecule has 0 radical (unpaired) electrons. The molecule has 2 aliphatic heterocycles. The molecule has 32 heavy (non-hydrogen) atoms. The predicted molar refractivity (Wildman–Crippen MR) is 115 cm³/mol. The Hall–Kier alpha value is -3.62. The number of hydrogen-bond acceptors (Lipinski definition) is 7. The summed E-state index contributed by atoms with van der Waals surface area (Å²) >= 11 is 0. The van der Waals surface area contributed by atoms with Crippen LogP contribution in [-0.4, -0.2) is 64.0 Å². The van der Waals surface area contributed by atoms with Gasteiger partial charge >= 0.3 is 0 Å². The van der Waals surface area contributed by atoms with Crippen molar-refractivity contribution in [3.05, 3.63) is 41.5 Å². The number of amides is 2. The second-order valence-electron chi connectivity index (χ2n) is 7.52. The first kappa shape index (κ1) is 21.6. The Morgan fingerprint density at radius 2 is 1.56 bits per heavy atom. The molecule has 0 bridgehead atoms. The van der Waals surface area contributed by atoms with E-state index >= 15 is 0 Å². The molecule has 2 aromatic rings. The van der Waals surface area contributed by atoms with Gasteiger partial charge in [0.2, 0.25) is 12.5 Å². The third-order valence-electron chi connectivity index (χ3n) is 5.66. The Morgan fingerprint density at radius 3 is 2.19 bits per heavy atom. The maximum Gasteiger partial charge on any atom is 0.254 e. The highest BCUT2D eigenvalue weighted by atomic mass is 16.7. The number of nitrogens with zero attached hydrogens (tertiary/aromatic N) is 1. The van der Waals surface area contributed by atoms with Crippen molar-refractivity contribution in [3.63, 3.8) is 0 Å². The van der Waals surface area contributed by atoms with Gasteiger partial charge in [-0.05, 0) is 43.2 Å². The molecule has 9 heteroatoms. The molecular weight excluding hydrogens is 416 g/mol. The molecular formula is C23H26N2O7.